The van der Waals surface area contributed by atoms with Gasteiger partial charge in [0.15, 0.2) is 5.82 Å². The first-order valence-corrected chi connectivity index (χ1v) is 15.1. The lowest BCUT2D eigenvalue weighted by atomic mass is 9.95. The highest BCUT2D eigenvalue weighted by Gasteiger charge is 2.49. The molecule has 4 aromatic rings. The number of hydrogen-bond acceptors (Lipinski definition) is 9. The molecule has 0 aliphatic carbocycles. The van der Waals surface area contributed by atoms with Gasteiger partial charge in [-0.3, -0.25) is 4.90 Å². The van der Waals surface area contributed by atoms with Crippen molar-refractivity contribution in [3.63, 3.8) is 0 Å². The summed E-state index contributed by atoms with van der Waals surface area (Å²) in [5, 5.41) is 11.5. The standard InChI is InChI=1S/C33H30F3N5O4/c1-3-20-22(35)6-5-17-11-19(42)12-21(25(17)20)28-27(36)29-26-30(40(2)23-7-10-43-15-24(23)45-31(26)37-28)39-32(38-29)44-16-33-8-4-9-41(33)14-18(34)13-33/h1,5-6,11-12,18,23-24,42H,4,7-10,13-16H2,2H3/t18-,23+,24+,33+/m1/s1. The Labute approximate surface area is 256 Å². The Kier molecular flexibility index (Phi) is 6.48. The first-order valence-electron chi connectivity index (χ1n) is 15.1. The number of anilines is 1. The monoisotopic (exact) mass is 617 g/mol. The van der Waals surface area contributed by atoms with Crippen molar-refractivity contribution in [3.05, 3.63) is 41.5 Å². The summed E-state index contributed by atoms with van der Waals surface area (Å²) in [7, 11) is 1.85. The van der Waals surface area contributed by atoms with Crippen LogP contribution in [0.15, 0.2) is 24.3 Å². The predicted molar refractivity (Wildman–Crippen MR) is 160 cm³/mol. The van der Waals surface area contributed by atoms with Crippen LogP contribution in [0.4, 0.5) is 19.0 Å². The van der Waals surface area contributed by atoms with Gasteiger partial charge in [0.25, 0.3) is 0 Å². The number of terminal acetylenes is 1. The fraction of sp³-hybridized carbons (Fsp3) is 0.424. The third-order valence-electron chi connectivity index (χ3n) is 9.76. The van der Waals surface area contributed by atoms with Gasteiger partial charge in [-0.05, 0) is 49.4 Å². The molecular formula is C33H30F3N5O4. The number of pyridine rings is 1. The molecule has 12 heteroatoms. The highest BCUT2D eigenvalue weighted by atomic mass is 19.1. The molecule has 4 aliphatic rings. The van der Waals surface area contributed by atoms with Crippen LogP contribution in [-0.2, 0) is 4.74 Å². The number of rotatable bonds is 4. The van der Waals surface area contributed by atoms with Gasteiger partial charge in [0.2, 0.25) is 5.88 Å². The number of phenols is 1. The van der Waals surface area contributed by atoms with Gasteiger partial charge in [0, 0.05) is 37.6 Å². The Balaban J connectivity index is 1.34. The molecule has 0 amide bonds. The Bertz CT molecular complexity index is 1920. The van der Waals surface area contributed by atoms with Gasteiger partial charge >= 0.3 is 6.01 Å². The summed E-state index contributed by atoms with van der Waals surface area (Å²) in [6, 6.07) is 5.15. The molecule has 0 radical (unpaired) electrons. The third kappa shape index (κ3) is 4.35. The number of aromatic nitrogens is 3. The van der Waals surface area contributed by atoms with E-state index in [1.54, 1.807) is 0 Å². The zero-order valence-electron chi connectivity index (χ0n) is 24.5. The summed E-state index contributed by atoms with van der Waals surface area (Å²) in [5.41, 5.74) is -0.825. The average Bonchev–Trinajstić information content (AvgIpc) is 3.52. The van der Waals surface area contributed by atoms with E-state index < -0.39 is 29.4 Å². The predicted octanol–water partition coefficient (Wildman–Crippen LogP) is 4.75. The maximum absolute atomic E-state index is 16.9. The second-order valence-electron chi connectivity index (χ2n) is 12.4. The zero-order chi connectivity index (χ0) is 31.0. The Morgan fingerprint density at radius 1 is 1.20 bits per heavy atom. The normalized spacial score (nSPS) is 25.9. The molecule has 0 saturated carbocycles. The van der Waals surface area contributed by atoms with Gasteiger partial charge in [-0.2, -0.15) is 9.97 Å². The number of phenolic OH excluding ortho intramolecular Hbond substituents is 1. The van der Waals surface area contributed by atoms with Crippen molar-refractivity contribution in [2.75, 3.05) is 44.9 Å². The van der Waals surface area contributed by atoms with E-state index >= 15 is 4.39 Å². The highest BCUT2D eigenvalue weighted by molar-refractivity contribution is 6.04. The highest BCUT2D eigenvalue weighted by Crippen LogP contribution is 2.45. The van der Waals surface area contributed by atoms with Crippen molar-refractivity contribution in [3.8, 4) is 41.2 Å². The van der Waals surface area contributed by atoms with E-state index in [4.69, 9.17) is 25.6 Å². The van der Waals surface area contributed by atoms with Crippen LogP contribution in [0, 0.1) is 24.0 Å². The van der Waals surface area contributed by atoms with E-state index in [1.807, 2.05) is 11.9 Å². The zero-order valence-corrected chi connectivity index (χ0v) is 24.5. The van der Waals surface area contributed by atoms with Crippen molar-refractivity contribution >= 4 is 27.5 Å². The van der Waals surface area contributed by atoms with E-state index in [0.717, 1.165) is 19.4 Å². The molecule has 0 unspecified atom stereocenters. The number of ether oxygens (including phenoxy) is 3. The van der Waals surface area contributed by atoms with Crippen LogP contribution in [0.25, 0.3) is 32.9 Å². The van der Waals surface area contributed by atoms with Crippen LogP contribution in [0.2, 0.25) is 0 Å². The van der Waals surface area contributed by atoms with Crippen LogP contribution in [-0.4, -0.2) is 88.8 Å². The van der Waals surface area contributed by atoms with Gasteiger partial charge in [-0.25, -0.2) is 18.2 Å². The summed E-state index contributed by atoms with van der Waals surface area (Å²) in [6.07, 6.45) is 7.02. The van der Waals surface area contributed by atoms with E-state index in [-0.39, 0.29) is 70.0 Å². The maximum Gasteiger partial charge on any atom is 0.319 e. The van der Waals surface area contributed by atoms with Gasteiger partial charge in [0.1, 0.15) is 52.9 Å². The van der Waals surface area contributed by atoms with E-state index in [9.17, 15) is 13.9 Å². The van der Waals surface area contributed by atoms with Crippen LogP contribution in [0.5, 0.6) is 17.6 Å². The Morgan fingerprint density at radius 2 is 2.07 bits per heavy atom. The number of likely N-dealkylation sites (N-methyl/N-ethyl adjacent to an activating group) is 1. The lowest BCUT2D eigenvalue weighted by Crippen LogP contribution is -2.49. The molecule has 2 aromatic heterocycles. The third-order valence-corrected chi connectivity index (χ3v) is 9.76. The summed E-state index contributed by atoms with van der Waals surface area (Å²) >= 11 is 0. The molecule has 0 bridgehead atoms. The second kappa shape index (κ2) is 10.4. The number of alkyl halides is 1. The molecule has 4 atom stereocenters. The molecule has 8 rings (SSSR count). The second-order valence-corrected chi connectivity index (χ2v) is 12.4. The Hall–Kier alpha value is -4.34. The molecular weight excluding hydrogens is 587 g/mol. The van der Waals surface area contributed by atoms with Gasteiger partial charge in [-0.1, -0.05) is 12.0 Å². The summed E-state index contributed by atoms with van der Waals surface area (Å²) in [4.78, 5) is 17.9. The van der Waals surface area contributed by atoms with Crippen LogP contribution >= 0.6 is 0 Å². The van der Waals surface area contributed by atoms with E-state index in [2.05, 4.69) is 20.8 Å². The largest absolute Gasteiger partial charge is 0.508 e. The molecule has 4 aliphatic heterocycles. The molecule has 3 saturated heterocycles. The lowest BCUT2D eigenvalue weighted by Gasteiger charge is -2.36. The molecule has 2 aromatic carbocycles. The van der Waals surface area contributed by atoms with Gasteiger partial charge in [0.05, 0.1) is 23.8 Å². The number of benzene rings is 2. The molecule has 3 fully saturated rings. The van der Waals surface area contributed by atoms with E-state index in [1.165, 1.54) is 24.3 Å². The van der Waals surface area contributed by atoms with Crippen LogP contribution < -0.4 is 14.4 Å². The smallest absolute Gasteiger partial charge is 0.319 e. The van der Waals surface area contributed by atoms with Crippen molar-refractivity contribution in [1.82, 2.24) is 19.9 Å². The number of fused-ring (bicyclic) bond motifs is 3. The first kappa shape index (κ1) is 28.2. The average molecular weight is 618 g/mol. The molecule has 45 heavy (non-hydrogen) atoms. The van der Waals surface area contributed by atoms with Crippen LogP contribution in [0.3, 0.4) is 0 Å². The quantitative estimate of drug-likeness (QED) is 0.326. The number of aromatic hydroxyl groups is 1. The molecule has 6 heterocycles. The SMILES string of the molecule is C#Cc1c(F)ccc2cc(O)cc(-c3nc4c5c(nc(OC[C@@]67CCCN6C[C@H](F)C7)nc5c3F)N(C)[C@H]3CCOC[C@@H]3O4)c12. The van der Waals surface area contributed by atoms with Crippen molar-refractivity contribution in [1.29, 1.82) is 0 Å². The minimum atomic E-state index is -0.937. The number of hydrogen-bond donors (Lipinski definition) is 1. The minimum Gasteiger partial charge on any atom is -0.508 e. The fourth-order valence-electron chi connectivity index (χ4n) is 7.64. The van der Waals surface area contributed by atoms with Crippen LogP contribution in [0.1, 0.15) is 31.2 Å². The van der Waals surface area contributed by atoms with Gasteiger partial charge in [-0.15, -0.1) is 6.42 Å². The molecule has 1 N–H and O–H groups in total. The first-order chi connectivity index (χ1) is 21.8. The molecule has 0 spiro atoms. The number of nitrogens with zero attached hydrogens (tertiary/aromatic N) is 5. The fourth-order valence-corrected chi connectivity index (χ4v) is 7.64. The summed E-state index contributed by atoms with van der Waals surface area (Å²) < 4.78 is 64.6. The Morgan fingerprint density at radius 3 is 2.91 bits per heavy atom. The van der Waals surface area contributed by atoms with E-state index in [0.29, 0.717) is 37.2 Å². The summed E-state index contributed by atoms with van der Waals surface area (Å²) in [5.74, 6) is 1.12. The molecule has 232 valence electrons. The number of halogens is 3. The van der Waals surface area contributed by atoms with Crippen molar-refractivity contribution in [2.24, 2.45) is 0 Å². The lowest BCUT2D eigenvalue weighted by molar-refractivity contribution is -0.00628. The molecule has 9 nitrogen and oxygen atoms in total. The topological polar surface area (TPSA) is 93.1 Å². The van der Waals surface area contributed by atoms with Crippen molar-refractivity contribution in [2.45, 2.75) is 49.5 Å². The van der Waals surface area contributed by atoms with Crippen molar-refractivity contribution < 1.29 is 32.5 Å². The summed E-state index contributed by atoms with van der Waals surface area (Å²) in [6.45, 7) is 2.11. The van der Waals surface area contributed by atoms with Gasteiger partial charge < -0.3 is 24.2 Å². The minimum absolute atomic E-state index is 0.0588. The maximum atomic E-state index is 16.9.